The normalized spacial score (nSPS) is 10.8. The Balaban J connectivity index is 1.94. The molecule has 2 aromatic carbocycles. The van der Waals surface area contributed by atoms with E-state index in [1.165, 1.54) is 5.56 Å². The third-order valence-electron chi connectivity index (χ3n) is 3.08. The molecule has 0 heterocycles. The Labute approximate surface area is 129 Å². The number of thioether (sulfide) groups is 1. The minimum atomic E-state index is 0.125. The second-order valence-corrected chi connectivity index (χ2v) is 6.43. The van der Waals surface area contributed by atoms with Gasteiger partial charge in [0.25, 0.3) is 0 Å². The van der Waals surface area contributed by atoms with Crippen LogP contribution in [0.25, 0.3) is 0 Å². The molecule has 0 unspecified atom stereocenters. The van der Waals surface area contributed by atoms with Crippen molar-refractivity contribution in [3.05, 3.63) is 64.7 Å². The molecule has 0 aromatic heterocycles. The summed E-state index contributed by atoms with van der Waals surface area (Å²) in [6.07, 6.45) is 0. The molecule has 0 aliphatic rings. The van der Waals surface area contributed by atoms with Gasteiger partial charge in [0.1, 0.15) is 0 Å². The fourth-order valence-electron chi connectivity index (χ4n) is 1.82. The molecular formula is C17H17ClOS. The van der Waals surface area contributed by atoms with Crippen LogP contribution in [0.3, 0.4) is 0 Å². The predicted octanol–water partition coefficient (Wildman–Crippen LogP) is 5.44. The maximum absolute atomic E-state index is 12.0. The number of benzene rings is 2. The van der Waals surface area contributed by atoms with E-state index < -0.39 is 0 Å². The number of carbonyl (C=O) groups is 1. The first kappa shape index (κ1) is 15.1. The second-order valence-electron chi connectivity index (χ2n) is 4.94. The highest BCUT2D eigenvalue weighted by atomic mass is 35.5. The van der Waals surface area contributed by atoms with Crippen LogP contribution < -0.4 is 0 Å². The molecule has 2 rings (SSSR count). The number of hydrogen-bond acceptors (Lipinski definition) is 2. The highest BCUT2D eigenvalue weighted by molar-refractivity contribution is 8.00. The Morgan fingerprint density at radius 3 is 2.20 bits per heavy atom. The van der Waals surface area contributed by atoms with Gasteiger partial charge in [-0.1, -0.05) is 37.6 Å². The van der Waals surface area contributed by atoms with Gasteiger partial charge in [-0.2, -0.15) is 0 Å². The number of ketones is 1. The number of hydrogen-bond donors (Lipinski definition) is 0. The lowest BCUT2D eigenvalue weighted by Crippen LogP contribution is -2.01. The molecule has 0 atom stereocenters. The number of carbonyl (C=O) groups excluding carboxylic acids is 1. The molecule has 0 radical (unpaired) electrons. The van der Waals surface area contributed by atoms with Crippen LogP contribution in [0.15, 0.2) is 53.4 Å². The average Bonchev–Trinajstić information content (AvgIpc) is 2.46. The Morgan fingerprint density at radius 1 is 1.05 bits per heavy atom. The zero-order chi connectivity index (χ0) is 14.5. The van der Waals surface area contributed by atoms with Gasteiger partial charge >= 0.3 is 0 Å². The SMILES string of the molecule is CC(C)c1ccc(SCC(=O)c2ccc(Cl)cc2)cc1. The molecule has 2 aromatic rings. The molecule has 0 aliphatic heterocycles. The van der Waals surface area contributed by atoms with Gasteiger partial charge in [0.2, 0.25) is 0 Å². The van der Waals surface area contributed by atoms with E-state index in [2.05, 4.69) is 38.1 Å². The third-order valence-corrected chi connectivity index (χ3v) is 4.35. The lowest BCUT2D eigenvalue weighted by Gasteiger charge is -2.06. The van der Waals surface area contributed by atoms with Gasteiger partial charge in [-0.05, 0) is 47.9 Å². The van der Waals surface area contributed by atoms with Crippen molar-refractivity contribution in [2.75, 3.05) is 5.75 Å². The van der Waals surface area contributed by atoms with Gasteiger partial charge in [-0.25, -0.2) is 0 Å². The average molecular weight is 305 g/mol. The van der Waals surface area contributed by atoms with Crippen LogP contribution in [-0.4, -0.2) is 11.5 Å². The van der Waals surface area contributed by atoms with E-state index in [0.717, 1.165) is 4.90 Å². The monoisotopic (exact) mass is 304 g/mol. The zero-order valence-corrected chi connectivity index (χ0v) is 13.2. The highest BCUT2D eigenvalue weighted by Gasteiger charge is 2.07. The summed E-state index contributed by atoms with van der Waals surface area (Å²) in [5.74, 6) is 1.10. The molecule has 0 aliphatic carbocycles. The van der Waals surface area contributed by atoms with E-state index in [1.807, 2.05) is 0 Å². The van der Waals surface area contributed by atoms with Crippen LogP contribution in [0.4, 0.5) is 0 Å². The van der Waals surface area contributed by atoms with E-state index in [-0.39, 0.29) is 5.78 Å². The van der Waals surface area contributed by atoms with Crippen LogP contribution in [0.2, 0.25) is 5.02 Å². The molecule has 20 heavy (non-hydrogen) atoms. The van der Waals surface area contributed by atoms with Gasteiger partial charge in [-0.3, -0.25) is 4.79 Å². The fraction of sp³-hybridized carbons (Fsp3) is 0.235. The van der Waals surface area contributed by atoms with Gasteiger partial charge in [-0.15, -0.1) is 11.8 Å². The molecular weight excluding hydrogens is 288 g/mol. The molecule has 104 valence electrons. The molecule has 0 spiro atoms. The Kier molecular flexibility index (Phi) is 5.27. The Morgan fingerprint density at radius 2 is 1.65 bits per heavy atom. The zero-order valence-electron chi connectivity index (χ0n) is 11.6. The molecule has 1 nitrogen and oxygen atoms in total. The van der Waals surface area contributed by atoms with E-state index in [1.54, 1.807) is 36.0 Å². The van der Waals surface area contributed by atoms with E-state index >= 15 is 0 Å². The summed E-state index contributed by atoms with van der Waals surface area (Å²) in [4.78, 5) is 13.2. The Hall–Kier alpha value is -1.25. The fourth-order valence-corrected chi connectivity index (χ4v) is 2.74. The standard InChI is InChI=1S/C17H17ClOS/c1-12(2)13-5-9-16(10-6-13)20-11-17(19)14-3-7-15(18)8-4-14/h3-10,12H,11H2,1-2H3. The van der Waals surface area contributed by atoms with Crippen LogP contribution >= 0.6 is 23.4 Å². The van der Waals surface area contributed by atoms with Crippen LogP contribution in [0.1, 0.15) is 35.7 Å². The lowest BCUT2D eigenvalue weighted by molar-refractivity contribution is 0.102. The highest BCUT2D eigenvalue weighted by Crippen LogP contribution is 2.22. The summed E-state index contributed by atoms with van der Waals surface area (Å²) in [6, 6.07) is 15.4. The molecule has 0 saturated carbocycles. The largest absolute Gasteiger partial charge is 0.293 e. The molecule has 0 fully saturated rings. The second kappa shape index (κ2) is 6.96. The van der Waals surface area contributed by atoms with Crippen LogP contribution in [0, 0.1) is 0 Å². The Bertz CT molecular complexity index is 573. The van der Waals surface area contributed by atoms with E-state index in [9.17, 15) is 4.79 Å². The van der Waals surface area contributed by atoms with Crippen LogP contribution in [0.5, 0.6) is 0 Å². The lowest BCUT2D eigenvalue weighted by atomic mass is 10.0. The predicted molar refractivity (Wildman–Crippen MR) is 87.0 cm³/mol. The van der Waals surface area contributed by atoms with Crippen molar-refractivity contribution < 1.29 is 4.79 Å². The van der Waals surface area contributed by atoms with Crippen molar-refractivity contribution >= 4 is 29.1 Å². The van der Waals surface area contributed by atoms with Crippen molar-refractivity contribution in [1.82, 2.24) is 0 Å². The van der Waals surface area contributed by atoms with Gasteiger partial charge in [0.05, 0.1) is 5.75 Å². The molecule has 0 N–H and O–H groups in total. The third kappa shape index (κ3) is 4.12. The van der Waals surface area contributed by atoms with Gasteiger partial charge < -0.3 is 0 Å². The van der Waals surface area contributed by atoms with Crippen molar-refractivity contribution in [2.45, 2.75) is 24.7 Å². The molecule has 3 heteroatoms. The van der Waals surface area contributed by atoms with Crippen molar-refractivity contribution in [1.29, 1.82) is 0 Å². The van der Waals surface area contributed by atoms with E-state index in [0.29, 0.717) is 22.3 Å². The maximum Gasteiger partial charge on any atom is 0.173 e. The minimum absolute atomic E-state index is 0.125. The summed E-state index contributed by atoms with van der Waals surface area (Å²) < 4.78 is 0. The maximum atomic E-state index is 12.0. The molecule has 0 amide bonds. The van der Waals surface area contributed by atoms with Crippen molar-refractivity contribution in [2.24, 2.45) is 0 Å². The first-order valence-corrected chi connectivity index (χ1v) is 7.94. The van der Waals surface area contributed by atoms with E-state index in [4.69, 9.17) is 11.6 Å². The van der Waals surface area contributed by atoms with Crippen molar-refractivity contribution in [3.8, 4) is 0 Å². The first-order valence-electron chi connectivity index (χ1n) is 6.58. The van der Waals surface area contributed by atoms with Crippen molar-refractivity contribution in [3.63, 3.8) is 0 Å². The minimum Gasteiger partial charge on any atom is -0.293 e. The molecule has 0 saturated heterocycles. The number of halogens is 1. The summed E-state index contributed by atoms with van der Waals surface area (Å²) in [5.41, 5.74) is 2.03. The number of rotatable bonds is 5. The summed E-state index contributed by atoms with van der Waals surface area (Å²) in [6.45, 7) is 4.35. The first-order chi connectivity index (χ1) is 9.56. The van der Waals surface area contributed by atoms with Gasteiger partial charge in [0.15, 0.2) is 5.78 Å². The van der Waals surface area contributed by atoms with Gasteiger partial charge in [0, 0.05) is 15.5 Å². The molecule has 0 bridgehead atoms. The summed E-state index contributed by atoms with van der Waals surface area (Å²) in [7, 11) is 0. The summed E-state index contributed by atoms with van der Waals surface area (Å²) >= 11 is 7.38. The quantitative estimate of drug-likeness (QED) is 0.540. The number of Topliss-reactive ketones (excluding diaryl/α,β-unsaturated/α-hetero) is 1. The topological polar surface area (TPSA) is 17.1 Å². The summed E-state index contributed by atoms with van der Waals surface area (Å²) in [5, 5.41) is 0.651. The van der Waals surface area contributed by atoms with Crippen LogP contribution in [-0.2, 0) is 0 Å². The smallest absolute Gasteiger partial charge is 0.173 e.